The van der Waals surface area contributed by atoms with E-state index >= 15 is 0 Å². The Morgan fingerprint density at radius 2 is 1.78 bits per heavy atom. The molecule has 0 saturated carbocycles. The van der Waals surface area contributed by atoms with Gasteiger partial charge in [-0.1, -0.05) is 13.3 Å². The second kappa shape index (κ2) is 4.03. The zero-order chi connectivity index (χ0) is 7.33. The van der Waals surface area contributed by atoms with E-state index < -0.39 is 5.41 Å². The smallest absolute Gasteiger partial charge is 0.143 e. The first kappa shape index (κ1) is 9.14. The molecular weight excluding hydrogens is 132 g/mol. The van der Waals surface area contributed by atoms with Gasteiger partial charge < -0.3 is 9.47 Å². The number of rotatable bonds is 4. The Morgan fingerprint density at radius 1 is 1.33 bits per heavy atom. The minimum Gasteiger partial charge on any atom is -0.358 e. The summed E-state index contributed by atoms with van der Waals surface area (Å²) in [5.74, 6) is 0. The van der Waals surface area contributed by atoms with E-state index in [9.17, 15) is 0 Å². The summed E-state index contributed by atoms with van der Waals surface area (Å²) >= 11 is 0. The third-order valence-electron chi connectivity index (χ3n) is 1.24. The van der Waals surface area contributed by atoms with Gasteiger partial charge in [0.25, 0.3) is 0 Å². The third kappa shape index (κ3) is 2.98. The van der Waals surface area contributed by atoms with Crippen LogP contribution in [0.1, 0.15) is 19.8 Å². The lowest BCUT2D eigenvalue weighted by Crippen LogP contribution is -2.33. The SMILES string of the molecule is CCCC([Si])(OC)OC. The van der Waals surface area contributed by atoms with Gasteiger partial charge in [-0.2, -0.15) is 0 Å². The molecule has 0 heterocycles. The summed E-state index contributed by atoms with van der Waals surface area (Å²) in [6.07, 6.45) is 1.89. The molecule has 0 aromatic rings. The molecule has 0 aliphatic carbocycles. The number of methoxy groups -OCH3 is 2. The molecule has 0 rings (SSSR count). The van der Waals surface area contributed by atoms with Crippen LogP contribution in [-0.2, 0) is 9.47 Å². The first-order valence-corrected chi connectivity index (χ1v) is 3.54. The van der Waals surface area contributed by atoms with E-state index in [1.54, 1.807) is 14.2 Å². The van der Waals surface area contributed by atoms with Gasteiger partial charge in [0.15, 0.2) is 0 Å². The molecule has 0 aliphatic rings. The van der Waals surface area contributed by atoms with E-state index in [-0.39, 0.29) is 0 Å². The maximum atomic E-state index is 5.02. The van der Waals surface area contributed by atoms with Gasteiger partial charge in [-0.15, -0.1) is 0 Å². The van der Waals surface area contributed by atoms with Crippen molar-refractivity contribution in [3.8, 4) is 0 Å². The fourth-order valence-electron chi connectivity index (χ4n) is 0.617. The lowest BCUT2D eigenvalue weighted by molar-refractivity contribution is -0.145. The molecule has 0 aromatic carbocycles. The average Bonchev–Trinajstić information content (AvgIpc) is 1.89. The predicted octanol–water partition coefficient (Wildman–Crippen LogP) is 0.902. The van der Waals surface area contributed by atoms with Crippen molar-refractivity contribution in [2.75, 3.05) is 14.2 Å². The van der Waals surface area contributed by atoms with Crippen molar-refractivity contribution in [3.05, 3.63) is 0 Å². The fraction of sp³-hybridized carbons (Fsp3) is 1.00. The van der Waals surface area contributed by atoms with E-state index in [1.807, 2.05) is 0 Å². The Hall–Kier alpha value is 0.137. The standard InChI is InChI=1S/C6H13O2Si/c1-4-5-6(9,7-2)8-3/h4-5H2,1-3H3. The summed E-state index contributed by atoms with van der Waals surface area (Å²) in [6.45, 7) is 2.08. The molecule has 2 nitrogen and oxygen atoms in total. The Morgan fingerprint density at radius 3 is 1.89 bits per heavy atom. The molecule has 3 heteroatoms. The summed E-state index contributed by atoms with van der Waals surface area (Å²) < 4.78 is 10.0. The highest BCUT2D eigenvalue weighted by atomic mass is 28.1. The van der Waals surface area contributed by atoms with Crippen molar-refractivity contribution in [3.63, 3.8) is 0 Å². The Labute approximate surface area is 60.0 Å². The van der Waals surface area contributed by atoms with Crippen molar-refractivity contribution >= 4 is 10.2 Å². The largest absolute Gasteiger partial charge is 0.358 e. The second-order valence-electron chi connectivity index (χ2n) is 1.91. The molecule has 3 radical (unpaired) electrons. The van der Waals surface area contributed by atoms with Crippen molar-refractivity contribution in [1.82, 2.24) is 0 Å². The lowest BCUT2D eigenvalue weighted by atomic mass is 10.3. The highest BCUT2D eigenvalue weighted by Crippen LogP contribution is 2.12. The maximum Gasteiger partial charge on any atom is 0.143 e. The van der Waals surface area contributed by atoms with E-state index in [0.717, 1.165) is 12.8 Å². The van der Waals surface area contributed by atoms with Gasteiger partial charge >= 0.3 is 0 Å². The number of ether oxygens (including phenoxy) is 2. The molecule has 0 aromatic heterocycles. The molecule has 0 bridgehead atoms. The van der Waals surface area contributed by atoms with Gasteiger partial charge in [0, 0.05) is 14.2 Å². The summed E-state index contributed by atoms with van der Waals surface area (Å²) in [4.78, 5) is 0. The van der Waals surface area contributed by atoms with Crippen LogP contribution in [0.3, 0.4) is 0 Å². The first-order valence-electron chi connectivity index (χ1n) is 3.04. The van der Waals surface area contributed by atoms with Crippen molar-refractivity contribution in [1.29, 1.82) is 0 Å². The van der Waals surface area contributed by atoms with Gasteiger partial charge in [0.05, 0.1) is 0 Å². The topological polar surface area (TPSA) is 18.5 Å². The van der Waals surface area contributed by atoms with Crippen LogP contribution < -0.4 is 0 Å². The summed E-state index contributed by atoms with van der Waals surface area (Å²) in [5.41, 5.74) is -0.561. The van der Waals surface area contributed by atoms with Crippen LogP contribution in [0.5, 0.6) is 0 Å². The molecule has 0 aliphatic heterocycles. The van der Waals surface area contributed by atoms with Crippen molar-refractivity contribution in [2.45, 2.75) is 25.2 Å². The molecule has 0 N–H and O–H groups in total. The molecule has 9 heavy (non-hydrogen) atoms. The van der Waals surface area contributed by atoms with Crippen LogP contribution in [-0.4, -0.2) is 29.9 Å². The Balaban J connectivity index is 3.62. The van der Waals surface area contributed by atoms with E-state index in [0.29, 0.717) is 0 Å². The predicted molar refractivity (Wildman–Crippen MR) is 37.4 cm³/mol. The van der Waals surface area contributed by atoms with Crippen molar-refractivity contribution < 1.29 is 9.47 Å². The summed E-state index contributed by atoms with van der Waals surface area (Å²) in [6, 6.07) is 0. The lowest BCUT2D eigenvalue weighted by Gasteiger charge is -2.25. The highest BCUT2D eigenvalue weighted by Gasteiger charge is 2.20. The highest BCUT2D eigenvalue weighted by molar-refractivity contribution is 6.13. The fourth-order valence-corrected chi connectivity index (χ4v) is 0.867. The van der Waals surface area contributed by atoms with Gasteiger partial charge in [-0.25, -0.2) is 0 Å². The van der Waals surface area contributed by atoms with Crippen LogP contribution in [0.25, 0.3) is 0 Å². The summed E-state index contributed by atoms with van der Waals surface area (Å²) in [7, 11) is 6.58. The van der Waals surface area contributed by atoms with Gasteiger partial charge in [-0.3, -0.25) is 0 Å². The van der Waals surface area contributed by atoms with Crippen molar-refractivity contribution in [2.24, 2.45) is 0 Å². The van der Waals surface area contributed by atoms with Crippen LogP contribution >= 0.6 is 0 Å². The maximum absolute atomic E-state index is 5.02. The van der Waals surface area contributed by atoms with Crippen LogP contribution in [0.15, 0.2) is 0 Å². The number of hydrogen-bond acceptors (Lipinski definition) is 2. The minimum absolute atomic E-state index is 0.561. The van der Waals surface area contributed by atoms with E-state index in [2.05, 4.69) is 17.2 Å². The molecular formula is C6H13O2Si. The zero-order valence-corrected chi connectivity index (χ0v) is 7.23. The zero-order valence-electron chi connectivity index (χ0n) is 6.23. The monoisotopic (exact) mass is 145 g/mol. The Kier molecular flexibility index (Phi) is 4.09. The first-order chi connectivity index (χ1) is 4.18. The third-order valence-corrected chi connectivity index (χ3v) is 1.90. The molecule has 0 fully saturated rings. The molecule has 0 atom stereocenters. The Bertz CT molecular complexity index is 71.5. The minimum atomic E-state index is -0.561. The van der Waals surface area contributed by atoms with Crippen LogP contribution in [0.4, 0.5) is 0 Å². The van der Waals surface area contributed by atoms with Gasteiger partial charge in [0.1, 0.15) is 15.7 Å². The normalized spacial score (nSPS) is 12.0. The van der Waals surface area contributed by atoms with Crippen LogP contribution in [0, 0.1) is 0 Å². The van der Waals surface area contributed by atoms with Gasteiger partial charge in [0.2, 0.25) is 0 Å². The molecule has 0 spiro atoms. The van der Waals surface area contributed by atoms with Gasteiger partial charge in [-0.05, 0) is 6.42 Å². The molecule has 0 saturated heterocycles. The quantitative estimate of drug-likeness (QED) is 0.432. The second-order valence-corrected chi connectivity index (χ2v) is 2.67. The van der Waals surface area contributed by atoms with Crippen LogP contribution in [0.2, 0.25) is 0 Å². The summed E-state index contributed by atoms with van der Waals surface area (Å²) in [5, 5.41) is 0. The van der Waals surface area contributed by atoms with E-state index in [1.165, 1.54) is 0 Å². The average molecular weight is 145 g/mol. The van der Waals surface area contributed by atoms with E-state index in [4.69, 9.17) is 9.47 Å². The molecule has 0 unspecified atom stereocenters. The molecule has 53 valence electrons. The number of hydrogen-bond donors (Lipinski definition) is 0. The molecule has 0 amide bonds.